The van der Waals surface area contributed by atoms with Crippen LogP contribution in [0.25, 0.3) is 11.0 Å². The maximum Gasteiger partial charge on any atom is 1.00 e. The molecule has 0 saturated carbocycles. The van der Waals surface area contributed by atoms with Gasteiger partial charge in [-0.05, 0) is 60.1 Å². The van der Waals surface area contributed by atoms with E-state index in [1.807, 2.05) is 32.0 Å². The Morgan fingerprint density at radius 2 is 1.48 bits per heavy atom. The minimum absolute atomic E-state index is 0. The molecule has 0 radical (unpaired) electrons. The Kier molecular flexibility index (Phi) is 10.5. The maximum atomic E-state index is 11.3. The number of carbonyl (C=O) groups is 2. The second kappa shape index (κ2) is 11.9. The average molecular weight is 515 g/mol. The van der Waals surface area contributed by atoms with Gasteiger partial charge in [0.25, 0.3) is 0 Å². The largest absolute Gasteiger partial charge is 1.00 e. The van der Waals surface area contributed by atoms with Crippen LogP contribution in [0, 0.1) is 13.8 Å². The number of aromatic nitrogens is 4. The zero-order chi connectivity index (χ0) is 21.1. The fourth-order valence-corrected chi connectivity index (χ4v) is 3.12. The molecule has 4 rings (SSSR count). The van der Waals surface area contributed by atoms with E-state index in [0.717, 1.165) is 26.9 Å². The quantitative estimate of drug-likeness (QED) is 0.296. The first-order chi connectivity index (χ1) is 13.8. The summed E-state index contributed by atoms with van der Waals surface area (Å²) in [6, 6.07) is 9.05. The predicted molar refractivity (Wildman–Crippen MR) is 118 cm³/mol. The molecule has 0 spiro atoms. The third-order valence-electron chi connectivity index (χ3n) is 4.15. The van der Waals surface area contributed by atoms with Crippen LogP contribution >= 0.6 is 15.9 Å². The van der Waals surface area contributed by atoms with Gasteiger partial charge in [-0.1, -0.05) is 7.43 Å². The average Bonchev–Trinajstić information content (AvgIpc) is 3.24. The Bertz CT molecular complexity index is 1230. The molecular weight excluding hydrogens is 491 g/mol. The summed E-state index contributed by atoms with van der Waals surface area (Å²) in [4.78, 5) is 22.5. The summed E-state index contributed by atoms with van der Waals surface area (Å²) in [6.07, 6.45) is 3.31. The first-order valence-electron chi connectivity index (χ1n) is 8.61. The third kappa shape index (κ3) is 6.24. The van der Waals surface area contributed by atoms with Crippen molar-refractivity contribution >= 4 is 38.9 Å². The number of ether oxygens (including phenoxy) is 2. The van der Waals surface area contributed by atoms with Gasteiger partial charge >= 0.3 is 63.3 Å². The normalized spacial score (nSPS) is 9.84. The molecule has 8 nitrogen and oxygen atoms in total. The van der Waals surface area contributed by atoms with Crippen molar-refractivity contribution in [3.8, 4) is 0 Å². The summed E-state index contributed by atoms with van der Waals surface area (Å²) in [6.45, 7) is 3.81. The minimum Gasteiger partial charge on any atom is -1.00 e. The summed E-state index contributed by atoms with van der Waals surface area (Å²) in [5.41, 5.74) is 4.70. The number of aryl methyl sites for hydroxylation is 2. The van der Waals surface area contributed by atoms with Crippen molar-refractivity contribution in [2.75, 3.05) is 14.2 Å². The van der Waals surface area contributed by atoms with E-state index >= 15 is 0 Å². The van der Waals surface area contributed by atoms with E-state index in [4.69, 9.17) is 0 Å². The van der Waals surface area contributed by atoms with Crippen LogP contribution in [0.5, 0.6) is 0 Å². The molecule has 0 fully saturated rings. The third-order valence-corrected chi connectivity index (χ3v) is 5.13. The van der Waals surface area contributed by atoms with Crippen molar-refractivity contribution in [2.24, 2.45) is 0 Å². The number of nitrogens with zero attached hydrogens (tertiary/aromatic N) is 4. The molecule has 10 heteroatoms. The molecule has 0 amide bonds. The molecule has 0 aliphatic carbocycles. The number of carbonyl (C=O) groups excluding carboxylic acids is 2. The fraction of sp³-hybridized carbons (Fsp3) is 0.238. The van der Waals surface area contributed by atoms with E-state index in [1.54, 1.807) is 33.6 Å². The first-order valence-corrected chi connectivity index (χ1v) is 9.40. The molecule has 0 unspecified atom stereocenters. The van der Waals surface area contributed by atoms with Crippen LogP contribution < -0.4 is 51.4 Å². The van der Waals surface area contributed by atoms with Gasteiger partial charge < -0.3 is 10.9 Å². The number of hydrogen-bond donors (Lipinski definition) is 0. The molecule has 4 aromatic heterocycles. The molecule has 0 aliphatic rings. The van der Waals surface area contributed by atoms with Crippen LogP contribution in [0.2, 0.25) is 0 Å². The van der Waals surface area contributed by atoms with Crippen molar-refractivity contribution in [1.29, 1.82) is 0 Å². The van der Waals surface area contributed by atoms with Gasteiger partial charge in [0.2, 0.25) is 0 Å². The Hall–Kier alpha value is -1.56. The van der Waals surface area contributed by atoms with Crippen LogP contribution in [-0.4, -0.2) is 45.4 Å². The fourth-order valence-electron chi connectivity index (χ4n) is 2.73. The van der Waals surface area contributed by atoms with E-state index in [-0.39, 0.29) is 72.2 Å². The number of methoxy groups -OCH3 is 2. The molecule has 0 N–H and O–H groups in total. The summed E-state index contributed by atoms with van der Waals surface area (Å²) < 4.78 is 13.5. The zero-order valence-electron chi connectivity index (χ0n) is 18.3. The second-order valence-electron chi connectivity index (χ2n) is 6.20. The molecule has 0 aromatic carbocycles. The Labute approximate surface area is 232 Å². The predicted octanol–water partition coefficient (Wildman–Crippen LogP) is 1.37. The van der Waals surface area contributed by atoms with E-state index in [9.17, 15) is 9.59 Å². The smallest absolute Gasteiger partial charge is 1.00 e. The summed E-state index contributed by atoms with van der Waals surface area (Å²) in [7, 11) is 2.72. The van der Waals surface area contributed by atoms with E-state index in [2.05, 4.69) is 35.6 Å². The monoisotopic (exact) mass is 514 g/mol. The van der Waals surface area contributed by atoms with Gasteiger partial charge in [0, 0.05) is 12.4 Å². The van der Waals surface area contributed by atoms with E-state index < -0.39 is 0 Å². The molecule has 0 saturated heterocycles. The zero-order valence-corrected chi connectivity index (χ0v) is 22.1. The van der Waals surface area contributed by atoms with Crippen LogP contribution in [0.4, 0.5) is 0 Å². The molecule has 4 aromatic rings. The van der Waals surface area contributed by atoms with Crippen LogP contribution in [0.3, 0.4) is 0 Å². The van der Waals surface area contributed by atoms with Crippen LogP contribution in [0.15, 0.2) is 47.2 Å². The first kappa shape index (κ1) is 27.5. The number of pyridine rings is 2. The van der Waals surface area contributed by atoms with Crippen LogP contribution in [0.1, 0.15) is 41.0 Å². The summed E-state index contributed by atoms with van der Waals surface area (Å²) in [5, 5.41) is 8.45. The maximum absolute atomic E-state index is 11.3. The molecule has 0 atom stereocenters. The second-order valence-corrected chi connectivity index (χ2v) is 7.00. The summed E-state index contributed by atoms with van der Waals surface area (Å²) in [5.74, 6) is -0.707. The van der Waals surface area contributed by atoms with E-state index in [1.165, 1.54) is 14.2 Å². The molecule has 0 bridgehead atoms. The molecule has 160 valence electrons. The van der Waals surface area contributed by atoms with Gasteiger partial charge in [-0.15, -0.1) is 0 Å². The van der Waals surface area contributed by atoms with Gasteiger partial charge in [-0.2, -0.15) is 10.2 Å². The minimum atomic E-state index is -0.360. The molecular formula is C21H24BrKN4O4. The SMILES string of the molecule is C.COC(=O)c1ccc2c(Br)c(C)nn2c1.COC(=O)c1ccc2cc(C)nn2c1.[H-].[K+]. The van der Waals surface area contributed by atoms with E-state index in [0.29, 0.717) is 11.1 Å². The number of hydrogen-bond acceptors (Lipinski definition) is 6. The van der Waals surface area contributed by atoms with Gasteiger partial charge in [0.1, 0.15) is 0 Å². The molecule has 0 aliphatic heterocycles. The number of halogens is 1. The van der Waals surface area contributed by atoms with Crippen molar-refractivity contribution in [3.05, 3.63) is 69.7 Å². The molecule has 4 heterocycles. The van der Waals surface area contributed by atoms with Gasteiger partial charge in [0.15, 0.2) is 0 Å². The number of fused-ring (bicyclic) bond motifs is 2. The van der Waals surface area contributed by atoms with Crippen molar-refractivity contribution in [3.63, 3.8) is 0 Å². The summed E-state index contributed by atoms with van der Waals surface area (Å²) >= 11 is 3.43. The van der Waals surface area contributed by atoms with Crippen molar-refractivity contribution in [1.82, 2.24) is 19.2 Å². The van der Waals surface area contributed by atoms with Crippen molar-refractivity contribution in [2.45, 2.75) is 21.3 Å². The number of esters is 2. The molecule has 31 heavy (non-hydrogen) atoms. The van der Waals surface area contributed by atoms with Gasteiger partial charge in [-0.25, -0.2) is 18.6 Å². The topological polar surface area (TPSA) is 87.2 Å². The number of rotatable bonds is 2. The standard InChI is InChI=1S/C10H9BrN2O2.C10H10N2O2.CH4.K.H/c1-6-9(11)8-4-3-7(10(14)15-2)5-13(8)12-6;1-7-5-9-4-3-8(10(13)14-2)6-12(9)11-7;;;/h3-5H,1-2H3;3-6H,1-2H3;1H4;;/q;;;+1;-1. The van der Waals surface area contributed by atoms with Crippen molar-refractivity contribution < 1.29 is 71.9 Å². The van der Waals surface area contributed by atoms with Gasteiger partial charge in [0.05, 0.1) is 52.2 Å². The Morgan fingerprint density at radius 1 is 0.935 bits per heavy atom. The van der Waals surface area contributed by atoms with Gasteiger partial charge in [-0.3, -0.25) is 0 Å². The Morgan fingerprint density at radius 3 is 2.06 bits per heavy atom. The van der Waals surface area contributed by atoms with Crippen LogP contribution in [-0.2, 0) is 9.47 Å². The Balaban J connectivity index is 0.000000550.